The highest BCUT2D eigenvalue weighted by Gasteiger charge is 2.18. The van der Waals surface area contributed by atoms with Crippen molar-refractivity contribution in [2.24, 2.45) is 0 Å². The van der Waals surface area contributed by atoms with Crippen LogP contribution in [0, 0.1) is 10.1 Å². The van der Waals surface area contributed by atoms with Gasteiger partial charge in [0.05, 0.1) is 11.5 Å². The van der Waals surface area contributed by atoms with Gasteiger partial charge in [0, 0.05) is 44.4 Å². The van der Waals surface area contributed by atoms with Crippen molar-refractivity contribution < 1.29 is 14.5 Å². The van der Waals surface area contributed by atoms with E-state index in [1.54, 1.807) is 13.0 Å². The molecule has 0 bridgehead atoms. The van der Waals surface area contributed by atoms with E-state index < -0.39 is 4.92 Å². The average molecular weight is 350 g/mol. The molecule has 1 fully saturated rings. The van der Waals surface area contributed by atoms with Crippen LogP contribution in [0.3, 0.4) is 0 Å². The molecule has 0 radical (unpaired) electrons. The maximum absolute atomic E-state index is 12.2. The van der Waals surface area contributed by atoms with E-state index >= 15 is 0 Å². The van der Waals surface area contributed by atoms with Crippen LogP contribution in [0.1, 0.15) is 23.7 Å². The lowest BCUT2D eigenvalue weighted by Gasteiger charge is -2.32. The molecule has 1 aliphatic heterocycles. The van der Waals surface area contributed by atoms with E-state index in [1.165, 1.54) is 12.1 Å². The van der Waals surface area contributed by atoms with Gasteiger partial charge in [0.1, 0.15) is 0 Å². The number of carbonyl (C=O) groups is 1. The van der Waals surface area contributed by atoms with Crippen molar-refractivity contribution in [3.63, 3.8) is 0 Å². The molecule has 1 saturated heterocycles. The number of nitrogens with one attached hydrogen (secondary N) is 1. The predicted octanol–water partition coefficient (Wildman–Crippen LogP) is 1.36. The van der Waals surface area contributed by atoms with Crippen LogP contribution in [0.15, 0.2) is 18.2 Å². The van der Waals surface area contributed by atoms with Gasteiger partial charge in [-0.3, -0.25) is 14.9 Å². The van der Waals surface area contributed by atoms with Gasteiger partial charge in [-0.05, 0) is 39.1 Å². The average Bonchev–Trinajstić information content (AvgIpc) is 2.60. The minimum Gasteiger partial charge on any atom is -0.487 e. The molecule has 1 amide bonds. The number of nitro benzene ring substituents is 1. The Kier molecular flexibility index (Phi) is 7.15. The van der Waals surface area contributed by atoms with E-state index in [0.717, 1.165) is 39.1 Å². The van der Waals surface area contributed by atoms with Crippen molar-refractivity contribution in [1.82, 2.24) is 15.1 Å². The fourth-order valence-electron chi connectivity index (χ4n) is 2.76. The molecule has 1 aliphatic rings. The Morgan fingerprint density at radius 1 is 1.32 bits per heavy atom. The van der Waals surface area contributed by atoms with E-state index in [9.17, 15) is 14.9 Å². The van der Waals surface area contributed by atoms with Crippen molar-refractivity contribution >= 4 is 11.6 Å². The number of likely N-dealkylation sites (N-methyl/N-ethyl adjacent to an activating group) is 1. The number of carbonyl (C=O) groups excluding carboxylic acids is 1. The summed E-state index contributed by atoms with van der Waals surface area (Å²) in [5, 5.41) is 13.9. The summed E-state index contributed by atoms with van der Waals surface area (Å²) in [6.45, 7) is 7.82. The van der Waals surface area contributed by atoms with Crippen molar-refractivity contribution in [3.05, 3.63) is 33.9 Å². The van der Waals surface area contributed by atoms with E-state index in [0.29, 0.717) is 13.2 Å². The fraction of sp³-hybridized carbons (Fsp3) is 0.588. The molecule has 0 atom stereocenters. The Morgan fingerprint density at radius 2 is 2.04 bits per heavy atom. The van der Waals surface area contributed by atoms with Gasteiger partial charge in [0.25, 0.3) is 5.91 Å². The lowest BCUT2D eigenvalue weighted by Crippen LogP contribution is -2.45. The summed E-state index contributed by atoms with van der Waals surface area (Å²) in [4.78, 5) is 27.5. The molecule has 0 spiro atoms. The predicted molar refractivity (Wildman–Crippen MR) is 95.2 cm³/mol. The minimum atomic E-state index is -0.533. The zero-order chi connectivity index (χ0) is 18.2. The first-order valence-corrected chi connectivity index (χ1v) is 8.61. The molecule has 0 unspecified atom stereocenters. The van der Waals surface area contributed by atoms with Crippen molar-refractivity contribution in [1.29, 1.82) is 0 Å². The van der Waals surface area contributed by atoms with Gasteiger partial charge < -0.3 is 19.9 Å². The summed E-state index contributed by atoms with van der Waals surface area (Å²) in [5.74, 6) is -0.122. The number of amides is 1. The third-order valence-electron chi connectivity index (χ3n) is 4.25. The van der Waals surface area contributed by atoms with Crippen LogP contribution in [-0.2, 0) is 0 Å². The third-order valence-corrected chi connectivity index (χ3v) is 4.25. The topological polar surface area (TPSA) is 88.0 Å². The fourth-order valence-corrected chi connectivity index (χ4v) is 2.76. The SMILES string of the molecule is CCOc1ccc(C(=O)NCCCN2CCN(C)CC2)cc1[N+](=O)[O-]. The number of piperazine rings is 1. The van der Waals surface area contributed by atoms with Gasteiger partial charge in [-0.2, -0.15) is 0 Å². The first kappa shape index (κ1) is 19.1. The van der Waals surface area contributed by atoms with E-state index in [1.807, 2.05) is 0 Å². The van der Waals surface area contributed by atoms with Crippen molar-refractivity contribution in [2.45, 2.75) is 13.3 Å². The first-order chi connectivity index (χ1) is 12.0. The number of nitro groups is 1. The van der Waals surface area contributed by atoms with Gasteiger partial charge in [0.2, 0.25) is 0 Å². The lowest BCUT2D eigenvalue weighted by molar-refractivity contribution is -0.385. The lowest BCUT2D eigenvalue weighted by atomic mass is 10.1. The highest BCUT2D eigenvalue weighted by Crippen LogP contribution is 2.27. The van der Waals surface area contributed by atoms with Gasteiger partial charge in [-0.25, -0.2) is 0 Å². The molecular formula is C17H26N4O4. The largest absolute Gasteiger partial charge is 0.487 e. The molecule has 25 heavy (non-hydrogen) atoms. The standard InChI is InChI=1S/C17H26N4O4/c1-3-25-16-6-5-14(13-15(16)21(23)24)17(22)18-7-4-8-20-11-9-19(2)10-12-20/h5-6,13H,3-4,7-12H2,1-2H3,(H,18,22). The Bertz CT molecular complexity index is 600. The third kappa shape index (κ3) is 5.68. The number of hydrogen-bond acceptors (Lipinski definition) is 6. The molecule has 0 aromatic heterocycles. The molecule has 2 rings (SSSR count). The van der Waals surface area contributed by atoms with Crippen LogP contribution in [0.2, 0.25) is 0 Å². The van der Waals surface area contributed by atoms with Crippen LogP contribution in [0.4, 0.5) is 5.69 Å². The Morgan fingerprint density at radius 3 is 2.68 bits per heavy atom. The first-order valence-electron chi connectivity index (χ1n) is 8.61. The summed E-state index contributed by atoms with van der Waals surface area (Å²) >= 11 is 0. The van der Waals surface area contributed by atoms with E-state index in [4.69, 9.17) is 4.74 Å². The van der Waals surface area contributed by atoms with Crippen LogP contribution in [0.5, 0.6) is 5.75 Å². The smallest absolute Gasteiger partial charge is 0.311 e. The molecule has 1 N–H and O–H groups in total. The summed E-state index contributed by atoms with van der Waals surface area (Å²) in [5.41, 5.74) is 0.0849. The van der Waals surface area contributed by atoms with Crippen LogP contribution < -0.4 is 10.1 Å². The molecule has 1 heterocycles. The molecule has 8 heteroatoms. The van der Waals surface area contributed by atoms with Crippen LogP contribution in [0.25, 0.3) is 0 Å². The quantitative estimate of drug-likeness (QED) is 0.433. The molecule has 1 aromatic rings. The number of benzene rings is 1. The van der Waals surface area contributed by atoms with Crippen molar-refractivity contribution in [2.75, 3.05) is 52.9 Å². The highest BCUT2D eigenvalue weighted by atomic mass is 16.6. The second kappa shape index (κ2) is 9.33. The Labute approximate surface area is 147 Å². The zero-order valence-electron chi connectivity index (χ0n) is 14.9. The van der Waals surface area contributed by atoms with Crippen molar-refractivity contribution in [3.8, 4) is 5.75 Å². The monoisotopic (exact) mass is 350 g/mol. The van der Waals surface area contributed by atoms with Gasteiger partial charge in [-0.1, -0.05) is 0 Å². The second-order valence-corrected chi connectivity index (χ2v) is 6.13. The molecule has 1 aromatic carbocycles. The molecule has 0 aliphatic carbocycles. The zero-order valence-corrected chi connectivity index (χ0v) is 14.9. The maximum atomic E-state index is 12.2. The number of rotatable bonds is 8. The van der Waals surface area contributed by atoms with Gasteiger partial charge in [0.15, 0.2) is 5.75 Å². The highest BCUT2D eigenvalue weighted by molar-refractivity contribution is 5.95. The normalized spacial score (nSPS) is 15.8. The minimum absolute atomic E-state index is 0.180. The number of nitrogens with zero attached hydrogens (tertiary/aromatic N) is 3. The number of hydrogen-bond donors (Lipinski definition) is 1. The summed E-state index contributed by atoms with van der Waals surface area (Å²) < 4.78 is 5.22. The van der Waals surface area contributed by atoms with E-state index in [2.05, 4.69) is 22.2 Å². The van der Waals surface area contributed by atoms with Crippen LogP contribution in [-0.4, -0.2) is 73.6 Å². The summed E-state index contributed by atoms with van der Waals surface area (Å²) in [6.07, 6.45) is 0.856. The Hall–Kier alpha value is -2.19. The van der Waals surface area contributed by atoms with Gasteiger partial charge >= 0.3 is 5.69 Å². The number of ether oxygens (including phenoxy) is 1. The molecule has 8 nitrogen and oxygen atoms in total. The van der Waals surface area contributed by atoms with Crippen LogP contribution >= 0.6 is 0 Å². The van der Waals surface area contributed by atoms with E-state index in [-0.39, 0.29) is 22.9 Å². The second-order valence-electron chi connectivity index (χ2n) is 6.13. The Balaban J connectivity index is 1.82. The molecule has 138 valence electrons. The van der Waals surface area contributed by atoms with Gasteiger partial charge in [-0.15, -0.1) is 0 Å². The molecular weight excluding hydrogens is 324 g/mol. The molecule has 0 saturated carbocycles. The summed E-state index contributed by atoms with van der Waals surface area (Å²) in [7, 11) is 2.12. The summed E-state index contributed by atoms with van der Waals surface area (Å²) in [6, 6.07) is 4.29. The maximum Gasteiger partial charge on any atom is 0.311 e.